The number of hydrogen-bond acceptors (Lipinski definition) is 2. The van der Waals surface area contributed by atoms with Crippen molar-refractivity contribution in [3.8, 4) is 11.3 Å². The number of nitrogens with zero attached hydrogens (tertiary/aromatic N) is 2. The zero-order valence-electron chi connectivity index (χ0n) is 10.7. The molecular formula is C15H11FN2O2. The highest BCUT2D eigenvalue weighted by Gasteiger charge is 2.20. The standard InChI is InChI=1S/C15H11FN2O2/c1-9-4-2-7-12-17-13(15(19)20)14(18(9)12)10-5-3-6-11(16)8-10/h2-8H,1H3,(H,19,20). The second kappa shape index (κ2) is 4.45. The Morgan fingerprint density at radius 2 is 2.00 bits per heavy atom. The van der Waals surface area contributed by atoms with Crippen molar-refractivity contribution in [1.29, 1.82) is 0 Å². The Morgan fingerprint density at radius 3 is 2.70 bits per heavy atom. The van der Waals surface area contributed by atoms with Crippen LogP contribution in [0.4, 0.5) is 4.39 Å². The molecule has 0 saturated heterocycles. The lowest BCUT2D eigenvalue weighted by atomic mass is 10.1. The topological polar surface area (TPSA) is 54.6 Å². The summed E-state index contributed by atoms with van der Waals surface area (Å²) in [6.45, 7) is 1.85. The first kappa shape index (κ1) is 12.3. The highest BCUT2D eigenvalue weighted by molar-refractivity contribution is 5.94. The third-order valence-corrected chi connectivity index (χ3v) is 3.14. The molecule has 0 bridgehead atoms. The first-order valence-electron chi connectivity index (χ1n) is 6.05. The van der Waals surface area contributed by atoms with Gasteiger partial charge in [0.05, 0.1) is 5.69 Å². The molecule has 0 amide bonds. The number of carboxylic acid groups (broad SMARTS) is 1. The minimum absolute atomic E-state index is 0.0788. The van der Waals surface area contributed by atoms with E-state index in [2.05, 4.69) is 4.98 Å². The Labute approximate surface area is 114 Å². The van der Waals surface area contributed by atoms with E-state index in [1.165, 1.54) is 12.1 Å². The molecule has 3 aromatic rings. The van der Waals surface area contributed by atoms with Crippen LogP contribution in [-0.2, 0) is 0 Å². The summed E-state index contributed by atoms with van der Waals surface area (Å²) in [5, 5.41) is 9.32. The van der Waals surface area contributed by atoms with Crippen molar-refractivity contribution in [2.45, 2.75) is 6.92 Å². The van der Waals surface area contributed by atoms with Crippen molar-refractivity contribution < 1.29 is 14.3 Å². The van der Waals surface area contributed by atoms with Crippen LogP contribution in [0.15, 0.2) is 42.5 Å². The predicted octanol–water partition coefficient (Wildman–Crippen LogP) is 3.15. The number of aryl methyl sites for hydroxylation is 1. The molecule has 0 aliphatic rings. The smallest absolute Gasteiger partial charge is 0.356 e. The van der Waals surface area contributed by atoms with E-state index < -0.39 is 11.8 Å². The SMILES string of the molecule is Cc1cccc2nc(C(=O)O)c(-c3cccc(F)c3)n12. The van der Waals surface area contributed by atoms with Crippen molar-refractivity contribution in [2.24, 2.45) is 0 Å². The fourth-order valence-corrected chi connectivity index (χ4v) is 2.31. The Bertz CT molecular complexity index is 824. The zero-order chi connectivity index (χ0) is 14.3. The number of benzene rings is 1. The highest BCUT2D eigenvalue weighted by atomic mass is 19.1. The molecule has 0 unspecified atom stereocenters. The summed E-state index contributed by atoms with van der Waals surface area (Å²) in [5.41, 5.74) is 2.17. The molecule has 0 saturated carbocycles. The fraction of sp³-hybridized carbons (Fsp3) is 0.0667. The van der Waals surface area contributed by atoms with Gasteiger partial charge in [0.15, 0.2) is 5.69 Å². The van der Waals surface area contributed by atoms with Gasteiger partial charge in [-0.2, -0.15) is 0 Å². The molecule has 100 valence electrons. The Morgan fingerprint density at radius 1 is 1.25 bits per heavy atom. The molecule has 0 radical (unpaired) electrons. The maximum atomic E-state index is 13.4. The van der Waals surface area contributed by atoms with Crippen molar-refractivity contribution in [2.75, 3.05) is 0 Å². The molecule has 4 nitrogen and oxygen atoms in total. The summed E-state index contributed by atoms with van der Waals surface area (Å²) >= 11 is 0. The average Bonchev–Trinajstić information content (AvgIpc) is 2.80. The lowest BCUT2D eigenvalue weighted by Gasteiger charge is -2.06. The van der Waals surface area contributed by atoms with Crippen molar-refractivity contribution in [1.82, 2.24) is 9.38 Å². The fourth-order valence-electron chi connectivity index (χ4n) is 2.31. The summed E-state index contributed by atoms with van der Waals surface area (Å²) in [6, 6.07) is 11.2. The average molecular weight is 270 g/mol. The van der Waals surface area contributed by atoms with Crippen LogP contribution in [0.3, 0.4) is 0 Å². The minimum Gasteiger partial charge on any atom is -0.476 e. The monoisotopic (exact) mass is 270 g/mol. The van der Waals surface area contributed by atoms with Gasteiger partial charge in [-0.3, -0.25) is 4.40 Å². The number of halogens is 1. The maximum absolute atomic E-state index is 13.4. The van der Waals surface area contributed by atoms with Crippen LogP contribution in [-0.4, -0.2) is 20.5 Å². The Balaban J connectivity index is 2.43. The first-order chi connectivity index (χ1) is 9.58. The largest absolute Gasteiger partial charge is 0.476 e. The third-order valence-electron chi connectivity index (χ3n) is 3.14. The van der Waals surface area contributed by atoms with Gasteiger partial charge in [0.1, 0.15) is 11.5 Å². The van der Waals surface area contributed by atoms with E-state index in [9.17, 15) is 14.3 Å². The number of aromatic nitrogens is 2. The molecule has 0 spiro atoms. The quantitative estimate of drug-likeness (QED) is 0.778. The number of carbonyl (C=O) groups is 1. The van der Waals surface area contributed by atoms with Crippen molar-refractivity contribution >= 4 is 11.6 Å². The van der Waals surface area contributed by atoms with Gasteiger partial charge in [-0.15, -0.1) is 0 Å². The number of rotatable bonds is 2. The zero-order valence-corrected chi connectivity index (χ0v) is 10.7. The van der Waals surface area contributed by atoms with E-state index in [1.807, 2.05) is 13.0 Å². The summed E-state index contributed by atoms with van der Waals surface area (Å²) in [5.74, 6) is -1.55. The van der Waals surface area contributed by atoms with Gasteiger partial charge in [0.2, 0.25) is 0 Å². The van der Waals surface area contributed by atoms with E-state index in [4.69, 9.17) is 0 Å². The van der Waals surface area contributed by atoms with Gasteiger partial charge in [0, 0.05) is 11.3 Å². The van der Waals surface area contributed by atoms with E-state index in [-0.39, 0.29) is 5.69 Å². The maximum Gasteiger partial charge on any atom is 0.356 e. The predicted molar refractivity (Wildman–Crippen MR) is 72.3 cm³/mol. The van der Waals surface area contributed by atoms with Gasteiger partial charge in [-0.05, 0) is 31.2 Å². The third kappa shape index (κ3) is 1.84. The second-order valence-corrected chi connectivity index (χ2v) is 4.49. The number of aromatic carboxylic acids is 1. The highest BCUT2D eigenvalue weighted by Crippen LogP contribution is 2.27. The molecule has 2 heterocycles. The molecule has 0 aliphatic carbocycles. The molecule has 0 fully saturated rings. The molecule has 3 rings (SSSR count). The second-order valence-electron chi connectivity index (χ2n) is 4.49. The van der Waals surface area contributed by atoms with Crippen molar-refractivity contribution in [3.63, 3.8) is 0 Å². The van der Waals surface area contributed by atoms with E-state index in [0.717, 1.165) is 5.69 Å². The number of carboxylic acids is 1. The number of pyridine rings is 1. The van der Waals surface area contributed by atoms with Gasteiger partial charge >= 0.3 is 5.97 Å². The summed E-state index contributed by atoms with van der Waals surface area (Å²) in [6.07, 6.45) is 0. The number of hydrogen-bond donors (Lipinski definition) is 1. The van der Waals surface area contributed by atoms with Crippen LogP contribution in [0.5, 0.6) is 0 Å². The summed E-state index contributed by atoms with van der Waals surface area (Å²) in [4.78, 5) is 15.5. The van der Waals surface area contributed by atoms with Crippen LogP contribution in [0.25, 0.3) is 16.9 Å². The molecule has 2 aromatic heterocycles. The normalized spacial score (nSPS) is 10.9. The first-order valence-corrected chi connectivity index (χ1v) is 6.05. The van der Waals surface area contributed by atoms with Gasteiger partial charge in [0.25, 0.3) is 0 Å². The van der Waals surface area contributed by atoms with Gasteiger partial charge < -0.3 is 5.11 Å². The molecule has 20 heavy (non-hydrogen) atoms. The van der Waals surface area contributed by atoms with Crippen LogP contribution >= 0.6 is 0 Å². The van der Waals surface area contributed by atoms with Crippen LogP contribution in [0.1, 0.15) is 16.2 Å². The lowest BCUT2D eigenvalue weighted by molar-refractivity contribution is 0.0692. The molecule has 5 heteroatoms. The summed E-state index contributed by atoms with van der Waals surface area (Å²) < 4.78 is 15.1. The van der Waals surface area contributed by atoms with Crippen LogP contribution in [0.2, 0.25) is 0 Å². The van der Waals surface area contributed by atoms with E-state index in [1.54, 1.807) is 28.7 Å². The van der Waals surface area contributed by atoms with E-state index in [0.29, 0.717) is 16.9 Å². The van der Waals surface area contributed by atoms with Crippen LogP contribution < -0.4 is 0 Å². The van der Waals surface area contributed by atoms with Crippen molar-refractivity contribution in [3.05, 3.63) is 59.7 Å². The summed E-state index contributed by atoms with van der Waals surface area (Å²) in [7, 11) is 0. The molecule has 0 atom stereocenters. The number of fused-ring (bicyclic) bond motifs is 1. The molecule has 1 N–H and O–H groups in total. The Hall–Kier alpha value is -2.69. The minimum atomic E-state index is -1.13. The molecular weight excluding hydrogens is 259 g/mol. The number of imidazole rings is 1. The van der Waals surface area contributed by atoms with Gasteiger partial charge in [-0.25, -0.2) is 14.2 Å². The van der Waals surface area contributed by atoms with E-state index >= 15 is 0 Å². The van der Waals surface area contributed by atoms with Gasteiger partial charge in [-0.1, -0.05) is 18.2 Å². The van der Waals surface area contributed by atoms with Crippen LogP contribution in [0, 0.1) is 12.7 Å². The molecule has 0 aliphatic heterocycles. The Kier molecular flexibility index (Phi) is 2.75. The lowest BCUT2D eigenvalue weighted by Crippen LogP contribution is -2.01. The molecule has 1 aromatic carbocycles.